The molecule has 0 unspecified atom stereocenters. The molecule has 26 heavy (non-hydrogen) atoms. The van der Waals surface area contributed by atoms with Crippen molar-refractivity contribution in [3.63, 3.8) is 0 Å². The van der Waals surface area contributed by atoms with Crippen molar-refractivity contribution in [1.82, 2.24) is 4.98 Å². The summed E-state index contributed by atoms with van der Waals surface area (Å²) in [5, 5.41) is 10.5. The lowest BCUT2D eigenvalue weighted by Crippen LogP contribution is -2.16. The van der Waals surface area contributed by atoms with E-state index in [0.717, 1.165) is 16.5 Å². The Labute approximate surface area is 152 Å². The third-order valence-corrected chi connectivity index (χ3v) is 4.76. The smallest absolute Gasteiger partial charge is 0.311 e. The van der Waals surface area contributed by atoms with Crippen LogP contribution in [0.4, 0.5) is 0 Å². The highest BCUT2D eigenvalue weighted by atomic mass is 16.4. The molecule has 1 atom stereocenters. The summed E-state index contributed by atoms with van der Waals surface area (Å²) in [6, 6.07) is 15.0. The topological polar surface area (TPSA) is 70.2 Å². The maximum absolute atomic E-state index is 12.7. The van der Waals surface area contributed by atoms with Gasteiger partial charge in [0.15, 0.2) is 5.78 Å². The van der Waals surface area contributed by atoms with E-state index in [4.69, 9.17) is 0 Å². The molecule has 1 heterocycles. The van der Waals surface area contributed by atoms with Gasteiger partial charge in [0.25, 0.3) is 0 Å². The predicted molar refractivity (Wildman–Crippen MR) is 103 cm³/mol. The molecule has 0 aliphatic carbocycles. The summed E-state index contributed by atoms with van der Waals surface area (Å²) in [6.45, 7) is 6.34. The van der Waals surface area contributed by atoms with E-state index in [1.54, 1.807) is 18.3 Å². The van der Waals surface area contributed by atoms with Gasteiger partial charge in [0.05, 0.1) is 5.92 Å². The summed E-state index contributed by atoms with van der Waals surface area (Å²) in [5.74, 6) is -2.03. The number of aliphatic carboxylic acids is 1. The van der Waals surface area contributed by atoms with Crippen molar-refractivity contribution in [2.45, 2.75) is 38.5 Å². The van der Waals surface area contributed by atoms with Gasteiger partial charge in [0.1, 0.15) is 0 Å². The number of nitrogens with one attached hydrogen (secondary N) is 1. The van der Waals surface area contributed by atoms with Gasteiger partial charge >= 0.3 is 5.97 Å². The maximum Gasteiger partial charge on any atom is 0.311 e. The Morgan fingerprint density at radius 2 is 1.69 bits per heavy atom. The second-order valence-corrected chi connectivity index (χ2v) is 7.64. The van der Waals surface area contributed by atoms with Gasteiger partial charge in [-0.15, -0.1) is 0 Å². The minimum absolute atomic E-state index is 0.00914. The molecule has 3 aromatic rings. The van der Waals surface area contributed by atoms with Gasteiger partial charge < -0.3 is 10.1 Å². The first kappa shape index (κ1) is 17.9. The van der Waals surface area contributed by atoms with E-state index >= 15 is 0 Å². The van der Waals surface area contributed by atoms with Crippen LogP contribution in [0.2, 0.25) is 0 Å². The zero-order valence-electron chi connectivity index (χ0n) is 15.2. The number of H-pyrrole nitrogens is 1. The molecule has 0 saturated carbocycles. The minimum Gasteiger partial charge on any atom is -0.481 e. The number of Topliss-reactive ketones (excluding diaryl/α,β-unsaturated/α-hetero) is 1. The Bertz CT molecular complexity index is 945. The van der Waals surface area contributed by atoms with Gasteiger partial charge in [-0.1, -0.05) is 63.2 Å². The van der Waals surface area contributed by atoms with Crippen LogP contribution in [0.3, 0.4) is 0 Å². The number of fused-ring (bicyclic) bond motifs is 1. The van der Waals surface area contributed by atoms with Crippen LogP contribution in [-0.2, 0) is 10.2 Å². The van der Waals surface area contributed by atoms with Gasteiger partial charge in [-0.2, -0.15) is 0 Å². The summed E-state index contributed by atoms with van der Waals surface area (Å²) in [5.41, 5.74) is 3.21. The maximum atomic E-state index is 12.7. The number of carboxylic acids is 1. The Hall–Kier alpha value is -2.88. The number of para-hydroxylation sites is 1. The van der Waals surface area contributed by atoms with Crippen LogP contribution in [-0.4, -0.2) is 21.8 Å². The van der Waals surface area contributed by atoms with Crippen molar-refractivity contribution in [2.24, 2.45) is 0 Å². The third kappa shape index (κ3) is 3.54. The average Bonchev–Trinajstić information content (AvgIpc) is 3.02. The van der Waals surface area contributed by atoms with Crippen molar-refractivity contribution < 1.29 is 14.7 Å². The largest absolute Gasteiger partial charge is 0.481 e. The number of hydrogen-bond acceptors (Lipinski definition) is 2. The van der Waals surface area contributed by atoms with Crippen molar-refractivity contribution in [3.05, 3.63) is 71.4 Å². The van der Waals surface area contributed by atoms with Crippen LogP contribution in [0.1, 0.15) is 54.6 Å². The second-order valence-electron chi connectivity index (χ2n) is 7.64. The normalized spacial score (nSPS) is 12.9. The minimum atomic E-state index is -0.991. The Kier molecular flexibility index (Phi) is 4.68. The number of rotatable bonds is 5. The van der Waals surface area contributed by atoms with E-state index in [1.807, 2.05) is 36.4 Å². The monoisotopic (exact) mass is 349 g/mol. The zero-order chi connectivity index (χ0) is 18.9. The quantitative estimate of drug-likeness (QED) is 0.643. The molecule has 0 aliphatic heterocycles. The van der Waals surface area contributed by atoms with Crippen LogP contribution in [0.15, 0.2) is 54.7 Å². The Morgan fingerprint density at radius 3 is 2.31 bits per heavy atom. The number of ketones is 1. The molecule has 0 bridgehead atoms. The van der Waals surface area contributed by atoms with E-state index in [1.165, 1.54) is 0 Å². The van der Waals surface area contributed by atoms with Gasteiger partial charge in [0, 0.05) is 29.1 Å². The molecule has 0 spiro atoms. The fourth-order valence-corrected chi connectivity index (χ4v) is 3.17. The number of benzene rings is 2. The molecular formula is C22H23NO3. The second kappa shape index (κ2) is 6.79. The first-order valence-electron chi connectivity index (χ1n) is 8.70. The van der Waals surface area contributed by atoms with Gasteiger partial charge in [-0.3, -0.25) is 9.59 Å². The lowest BCUT2D eigenvalue weighted by molar-refractivity contribution is -0.138. The molecular weight excluding hydrogens is 326 g/mol. The first-order valence-corrected chi connectivity index (χ1v) is 8.70. The van der Waals surface area contributed by atoms with Crippen LogP contribution in [0.25, 0.3) is 10.9 Å². The standard InChI is InChI=1S/C22H23NO3/c1-22(2,3)15-10-8-14(9-11-15)20(24)12-17(21(25)26)18-13-23-19-7-5-4-6-16(18)19/h4-11,13,17,23H,12H2,1-3H3,(H,25,26)/t17-/m0/s1. The first-order chi connectivity index (χ1) is 12.3. The number of aromatic nitrogens is 1. The number of carbonyl (C=O) groups excluding carboxylic acids is 1. The van der Waals surface area contributed by atoms with E-state index < -0.39 is 11.9 Å². The van der Waals surface area contributed by atoms with Gasteiger partial charge in [-0.05, 0) is 22.6 Å². The average molecular weight is 349 g/mol. The van der Waals surface area contributed by atoms with Crippen molar-refractivity contribution in [1.29, 1.82) is 0 Å². The van der Waals surface area contributed by atoms with Crippen LogP contribution < -0.4 is 0 Å². The third-order valence-electron chi connectivity index (χ3n) is 4.76. The number of carbonyl (C=O) groups is 2. The lowest BCUT2D eigenvalue weighted by Gasteiger charge is -2.19. The highest BCUT2D eigenvalue weighted by Crippen LogP contribution is 2.30. The van der Waals surface area contributed by atoms with Crippen LogP contribution >= 0.6 is 0 Å². The SMILES string of the molecule is CC(C)(C)c1ccc(C(=O)C[C@H](C(=O)O)c2c[nH]c3ccccc23)cc1. The molecule has 0 amide bonds. The molecule has 0 aliphatic rings. The predicted octanol–water partition coefficient (Wildman–Crippen LogP) is 4.91. The molecule has 4 nitrogen and oxygen atoms in total. The summed E-state index contributed by atoms with van der Waals surface area (Å²) >= 11 is 0. The molecule has 0 fully saturated rings. The summed E-state index contributed by atoms with van der Waals surface area (Å²) < 4.78 is 0. The molecule has 0 saturated heterocycles. The van der Waals surface area contributed by atoms with E-state index in [2.05, 4.69) is 25.8 Å². The van der Waals surface area contributed by atoms with Crippen molar-refractivity contribution >= 4 is 22.7 Å². The summed E-state index contributed by atoms with van der Waals surface area (Å²) in [4.78, 5) is 27.6. The highest BCUT2D eigenvalue weighted by Gasteiger charge is 2.26. The molecule has 4 heteroatoms. The van der Waals surface area contributed by atoms with Gasteiger partial charge in [0.2, 0.25) is 0 Å². The van der Waals surface area contributed by atoms with Crippen molar-refractivity contribution in [2.75, 3.05) is 0 Å². The van der Waals surface area contributed by atoms with E-state index in [-0.39, 0.29) is 17.6 Å². The molecule has 2 N–H and O–H groups in total. The Morgan fingerprint density at radius 1 is 1.04 bits per heavy atom. The highest BCUT2D eigenvalue weighted by molar-refractivity contribution is 6.00. The molecule has 2 aromatic carbocycles. The fraction of sp³-hybridized carbons (Fsp3) is 0.273. The zero-order valence-corrected chi connectivity index (χ0v) is 15.2. The molecule has 0 radical (unpaired) electrons. The van der Waals surface area contributed by atoms with E-state index in [0.29, 0.717) is 11.1 Å². The fourth-order valence-electron chi connectivity index (χ4n) is 3.17. The number of carboxylic acid groups (broad SMARTS) is 1. The molecule has 3 rings (SSSR count). The molecule has 134 valence electrons. The van der Waals surface area contributed by atoms with E-state index in [9.17, 15) is 14.7 Å². The number of hydrogen-bond donors (Lipinski definition) is 2. The van der Waals surface area contributed by atoms with Crippen LogP contribution in [0, 0.1) is 0 Å². The lowest BCUT2D eigenvalue weighted by atomic mass is 9.85. The summed E-state index contributed by atoms with van der Waals surface area (Å²) in [7, 11) is 0. The number of aromatic amines is 1. The van der Waals surface area contributed by atoms with Crippen LogP contribution in [0.5, 0.6) is 0 Å². The summed E-state index contributed by atoms with van der Waals surface area (Å²) in [6.07, 6.45) is 1.63. The molecule has 1 aromatic heterocycles. The van der Waals surface area contributed by atoms with Crippen molar-refractivity contribution in [3.8, 4) is 0 Å². The van der Waals surface area contributed by atoms with Gasteiger partial charge in [-0.25, -0.2) is 0 Å². The Balaban J connectivity index is 1.87.